The first-order valence-electron chi connectivity index (χ1n) is 26.6. The highest BCUT2D eigenvalue weighted by Crippen LogP contribution is 2.57. The monoisotopic (exact) mass is 1100 g/mol. The number of unbranched alkanes of at least 4 members (excludes halogenated alkanes) is 18. The fraction of sp³-hybridized carbons (Fsp3) is 0.655. The van der Waals surface area contributed by atoms with Gasteiger partial charge in [-0.15, -0.1) is 6.58 Å². The number of rotatable bonds is 37. The molecule has 2 aliphatic heterocycles. The Morgan fingerprint density at radius 2 is 1.30 bits per heavy atom. The molecule has 0 saturated carbocycles. The zero-order valence-electron chi connectivity index (χ0n) is 43.1. The maximum absolute atomic E-state index is 14.6. The molecule has 2 aromatic carbocycles. The second kappa shape index (κ2) is 36.0. The largest absolute Gasteiger partial charge is 0.591 e. The molecule has 0 bridgehead atoms. The lowest BCUT2D eigenvalue weighted by atomic mass is 9.96. The number of ether oxygens (including phenoxy) is 6. The van der Waals surface area contributed by atoms with Crippen LogP contribution < -0.4 is 20.6 Å². The predicted octanol–water partition coefficient (Wildman–Crippen LogP) is 12.1. The van der Waals surface area contributed by atoms with Crippen LogP contribution in [0.5, 0.6) is 0 Å². The van der Waals surface area contributed by atoms with Crippen LogP contribution in [-0.2, 0) is 58.2 Å². The van der Waals surface area contributed by atoms with Crippen molar-refractivity contribution in [2.45, 2.75) is 209 Å². The molecule has 2 heterocycles. The molecular weight excluding hydrogens is 1020 g/mol. The Morgan fingerprint density at radius 1 is 0.753 bits per heavy atom. The van der Waals surface area contributed by atoms with E-state index >= 15 is 0 Å². The molecule has 1 saturated heterocycles. The number of esters is 2. The van der Waals surface area contributed by atoms with Crippen LogP contribution in [0.3, 0.4) is 0 Å². The molecule has 4 rings (SSSR count). The zero-order valence-corrected chi connectivity index (χ0v) is 46.2. The van der Waals surface area contributed by atoms with E-state index in [0.717, 1.165) is 50.5 Å². The molecule has 410 valence electrons. The van der Waals surface area contributed by atoms with Crippen LogP contribution >= 0.6 is 43.0 Å². The first kappa shape index (κ1) is 62.4. The number of nitrogens with one attached hydrogen (secondary N) is 1. The molecule has 1 fully saturated rings. The summed E-state index contributed by atoms with van der Waals surface area (Å²) in [5, 5.41) is 3.74. The standard InChI is InChI=1S/C55H81Cl3NO13P/c1-4-7-9-11-13-15-16-18-20-22-27-35-48(60)69-46(34-26-21-19-17-14-12-10-8-5-2)37-49(61)71-52-50(59-54(62)66-42-55(56,57)58)53(65-36-6-3)70-47(41-64-38-43-30-24-23-25-31-43)51(52)72-73(63)67-39-44-32-28-29-33-45(44)40-68-73/h6,23-25,28-33,39-40,46-47,50-53H,3-5,7-22,26-27,34-38,41-42H2,1-2H3,(H,59,62)/t46-,47-,50-,51-,52-,53+/m1/s1. The number of carbonyl (C=O) groups excluding carboxylic acids is 3. The number of fused-ring (bicyclic) bond motifs is 1. The number of alkyl carbamates (subject to hydrolysis) is 1. The van der Waals surface area contributed by atoms with Gasteiger partial charge in [0.1, 0.15) is 24.9 Å². The summed E-state index contributed by atoms with van der Waals surface area (Å²) in [4.78, 5) is 56.1. The second-order valence-electron chi connectivity index (χ2n) is 18.8. The van der Waals surface area contributed by atoms with E-state index in [1.165, 1.54) is 89.2 Å². The molecule has 14 nitrogen and oxygen atoms in total. The van der Waals surface area contributed by atoms with E-state index < -0.39 is 73.3 Å². The van der Waals surface area contributed by atoms with E-state index in [2.05, 4.69) is 25.7 Å². The number of phosphoric ester groups is 1. The third-order valence-corrected chi connectivity index (χ3v) is 14.1. The van der Waals surface area contributed by atoms with Gasteiger partial charge in [0.05, 0.1) is 26.2 Å². The molecule has 0 spiro atoms. The van der Waals surface area contributed by atoms with E-state index in [1.54, 1.807) is 24.3 Å². The van der Waals surface area contributed by atoms with Crippen LogP contribution in [0.2, 0.25) is 0 Å². The smallest absolute Gasteiger partial charge is 0.471 e. The van der Waals surface area contributed by atoms with Gasteiger partial charge in [0.15, 0.2) is 31.0 Å². The summed E-state index contributed by atoms with van der Waals surface area (Å²) in [6.07, 6.45) is 18.9. The van der Waals surface area contributed by atoms with Gasteiger partial charge >= 0.3 is 26.2 Å². The highest BCUT2D eigenvalue weighted by atomic mass is 35.6. The lowest BCUT2D eigenvalue weighted by molar-refractivity contribution is -0.291. The minimum Gasteiger partial charge on any atom is -0.591 e. The van der Waals surface area contributed by atoms with E-state index in [0.29, 0.717) is 29.7 Å². The third-order valence-electron chi connectivity index (χ3n) is 12.5. The van der Waals surface area contributed by atoms with E-state index in [1.807, 2.05) is 30.3 Å². The lowest BCUT2D eigenvalue weighted by Gasteiger charge is -2.45. The average Bonchev–Trinajstić information content (AvgIpc) is 3.54. The molecule has 18 heteroatoms. The molecular formula is C55H81Cl3NO13P. The summed E-state index contributed by atoms with van der Waals surface area (Å²) in [5.74, 6) is -1.21. The maximum Gasteiger partial charge on any atom is 0.471 e. The van der Waals surface area contributed by atoms with E-state index in [-0.39, 0.29) is 32.7 Å². The van der Waals surface area contributed by atoms with E-state index in [9.17, 15) is 19.3 Å². The van der Waals surface area contributed by atoms with Crippen molar-refractivity contribution < 1.29 is 61.3 Å². The Bertz CT molecular complexity index is 1960. The summed E-state index contributed by atoms with van der Waals surface area (Å²) in [6, 6.07) is 14.9. The molecule has 0 unspecified atom stereocenters. The van der Waals surface area contributed by atoms with Gasteiger partial charge in [0, 0.05) is 16.9 Å². The topological polar surface area (TPSA) is 169 Å². The number of phosphoric acid groups is 1. The number of carbonyl (C=O) groups is 3. The summed E-state index contributed by atoms with van der Waals surface area (Å²) < 4.78 is 52.1. The molecule has 1 amide bonds. The molecule has 0 aliphatic carbocycles. The number of alkyl halides is 3. The summed E-state index contributed by atoms with van der Waals surface area (Å²) in [7, 11) is -4.62. The van der Waals surface area contributed by atoms with Crippen LogP contribution in [0.25, 0.3) is 12.5 Å². The molecule has 0 radical (unpaired) electrons. The average molecular weight is 1100 g/mol. The van der Waals surface area contributed by atoms with Crippen molar-refractivity contribution in [2.75, 3.05) is 19.8 Å². The van der Waals surface area contributed by atoms with Gasteiger partial charge < -0.3 is 38.6 Å². The van der Waals surface area contributed by atoms with Crippen molar-refractivity contribution in [3.05, 3.63) is 83.3 Å². The number of halogens is 3. The van der Waals surface area contributed by atoms with Gasteiger partial charge in [-0.2, -0.15) is 4.52 Å². The van der Waals surface area contributed by atoms with E-state index in [4.69, 9.17) is 76.8 Å². The van der Waals surface area contributed by atoms with Gasteiger partial charge in [-0.1, -0.05) is 225 Å². The SMILES string of the molecule is C=CCO[C@H]1O[C@H](COCc2ccccc2)[C@@H](O[P+]2([O-])OC=c3ccccc3=CO2)[C@H](OC(=O)C[C@@H](CCCCCCCCCCC)OC(=O)CCCCCCCCCCCCC)[C@H]1NC(=O)OCC(Cl)(Cl)Cl. The molecule has 6 atom stereocenters. The van der Waals surface area contributed by atoms with Crippen molar-refractivity contribution in [1.29, 1.82) is 0 Å². The fourth-order valence-corrected chi connectivity index (χ4v) is 9.95. The Kier molecular flexibility index (Phi) is 30.7. The van der Waals surface area contributed by atoms with Crippen molar-refractivity contribution in [2.24, 2.45) is 0 Å². The Balaban J connectivity index is 1.59. The number of hydrogen-bond acceptors (Lipinski definition) is 13. The number of amides is 1. The second-order valence-corrected chi connectivity index (χ2v) is 22.8. The third kappa shape index (κ3) is 26.0. The molecule has 2 aliphatic rings. The van der Waals surface area contributed by atoms with Crippen LogP contribution in [0.1, 0.15) is 167 Å². The fourth-order valence-electron chi connectivity index (χ4n) is 8.60. The predicted molar refractivity (Wildman–Crippen MR) is 285 cm³/mol. The van der Waals surface area contributed by atoms with Crippen LogP contribution in [0.4, 0.5) is 4.79 Å². The normalized spacial score (nSPS) is 19.6. The van der Waals surface area contributed by atoms with Gasteiger partial charge in [-0.25, -0.2) is 4.79 Å². The number of benzene rings is 2. The zero-order chi connectivity index (χ0) is 52.6. The van der Waals surface area contributed by atoms with Crippen LogP contribution in [0, 0.1) is 0 Å². The Hall–Kier alpha value is -3.17. The Labute approximate surface area is 449 Å². The van der Waals surface area contributed by atoms with Crippen LogP contribution in [0.15, 0.2) is 67.3 Å². The molecule has 1 N–H and O–H groups in total. The lowest BCUT2D eigenvalue weighted by Crippen LogP contribution is -2.66. The highest BCUT2D eigenvalue weighted by molar-refractivity contribution is 7.54. The minimum atomic E-state index is -4.62. The highest BCUT2D eigenvalue weighted by Gasteiger charge is 2.56. The Morgan fingerprint density at radius 3 is 1.86 bits per heavy atom. The molecule has 2 aromatic rings. The van der Waals surface area contributed by atoms with Gasteiger partial charge in [-0.05, 0) is 24.8 Å². The summed E-state index contributed by atoms with van der Waals surface area (Å²) in [6.45, 7) is 7.36. The first-order chi connectivity index (χ1) is 35.3. The van der Waals surface area contributed by atoms with Crippen molar-refractivity contribution in [3.63, 3.8) is 0 Å². The van der Waals surface area contributed by atoms with Crippen LogP contribution in [-0.4, -0.2) is 78.4 Å². The maximum atomic E-state index is 14.6. The van der Waals surface area contributed by atoms with Crippen molar-refractivity contribution in [3.8, 4) is 0 Å². The number of hydrogen-bond donors (Lipinski definition) is 1. The van der Waals surface area contributed by atoms with Crippen molar-refractivity contribution in [1.82, 2.24) is 5.32 Å². The minimum absolute atomic E-state index is 0.0847. The molecule has 73 heavy (non-hydrogen) atoms. The quantitative estimate of drug-likeness (QED) is 0.0170. The van der Waals surface area contributed by atoms with Gasteiger partial charge in [0.25, 0.3) is 0 Å². The summed E-state index contributed by atoms with van der Waals surface area (Å²) in [5.41, 5.74) is 0.843. The summed E-state index contributed by atoms with van der Waals surface area (Å²) >= 11 is 17.8. The molecule has 0 aromatic heterocycles. The van der Waals surface area contributed by atoms with Gasteiger partial charge in [0.2, 0.25) is 3.79 Å². The first-order valence-corrected chi connectivity index (χ1v) is 29.2. The van der Waals surface area contributed by atoms with Gasteiger partial charge in [-0.3, -0.25) is 18.6 Å². The van der Waals surface area contributed by atoms with Crippen molar-refractivity contribution >= 4 is 73.5 Å².